The number of carboxylic acid groups (broad SMARTS) is 1. The first-order valence-electron chi connectivity index (χ1n) is 7.33. The monoisotopic (exact) mass is 268 g/mol. The van der Waals surface area contributed by atoms with Crippen molar-refractivity contribution in [1.29, 1.82) is 0 Å². The molecule has 0 radical (unpaired) electrons. The highest BCUT2D eigenvalue weighted by Gasteiger charge is 2.50. The number of aliphatic carboxylic acids is 1. The van der Waals surface area contributed by atoms with Crippen LogP contribution in [-0.2, 0) is 9.59 Å². The molecule has 1 saturated carbocycles. The zero-order valence-electron chi connectivity index (χ0n) is 11.6. The van der Waals surface area contributed by atoms with Gasteiger partial charge in [-0.25, -0.2) is 4.79 Å². The summed E-state index contributed by atoms with van der Waals surface area (Å²) >= 11 is 0. The lowest BCUT2D eigenvalue weighted by atomic mass is 9.83. The SMILES string of the molecule is CCC1(C(=O)O)CCCN1C(=O)C1CCCCC1N. The first kappa shape index (κ1) is 14.3. The zero-order chi connectivity index (χ0) is 14.0. The first-order chi connectivity index (χ1) is 9.03. The van der Waals surface area contributed by atoms with E-state index in [1.165, 1.54) is 0 Å². The van der Waals surface area contributed by atoms with Crippen LogP contribution in [0.1, 0.15) is 51.9 Å². The van der Waals surface area contributed by atoms with Gasteiger partial charge in [-0.05, 0) is 32.1 Å². The van der Waals surface area contributed by atoms with Crippen molar-refractivity contribution in [2.75, 3.05) is 6.54 Å². The number of carbonyl (C=O) groups excluding carboxylic acids is 1. The van der Waals surface area contributed by atoms with Crippen LogP contribution in [0.5, 0.6) is 0 Å². The van der Waals surface area contributed by atoms with Crippen molar-refractivity contribution in [3.05, 3.63) is 0 Å². The molecule has 1 aliphatic heterocycles. The van der Waals surface area contributed by atoms with Crippen molar-refractivity contribution in [1.82, 2.24) is 4.90 Å². The molecule has 0 aromatic carbocycles. The molecule has 19 heavy (non-hydrogen) atoms. The van der Waals surface area contributed by atoms with Crippen molar-refractivity contribution in [2.45, 2.75) is 63.5 Å². The second-order valence-electron chi connectivity index (χ2n) is 5.84. The van der Waals surface area contributed by atoms with E-state index in [4.69, 9.17) is 5.73 Å². The van der Waals surface area contributed by atoms with Crippen LogP contribution in [0.3, 0.4) is 0 Å². The summed E-state index contributed by atoms with van der Waals surface area (Å²) in [6, 6.07) is -0.106. The normalized spacial score (nSPS) is 35.4. The lowest BCUT2D eigenvalue weighted by Crippen LogP contribution is -2.56. The van der Waals surface area contributed by atoms with Gasteiger partial charge in [-0.15, -0.1) is 0 Å². The molecule has 0 aromatic heterocycles. The number of rotatable bonds is 3. The summed E-state index contributed by atoms with van der Waals surface area (Å²) in [6.45, 7) is 2.41. The number of nitrogens with two attached hydrogens (primary N) is 1. The molecule has 0 bridgehead atoms. The van der Waals surface area contributed by atoms with Crippen LogP contribution in [0.25, 0.3) is 0 Å². The Morgan fingerprint density at radius 3 is 2.58 bits per heavy atom. The van der Waals surface area contributed by atoms with Gasteiger partial charge in [0.15, 0.2) is 0 Å². The Morgan fingerprint density at radius 1 is 1.32 bits per heavy atom. The molecule has 1 amide bonds. The fourth-order valence-electron chi connectivity index (χ4n) is 3.61. The van der Waals surface area contributed by atoms with E-state index in [-0.39, 0.29) is 17.9 Å². The summed E-state index contributed by atoms with van der Waals surface area (Å²) in [5, 5.41) is 9.52. The van der Waals surface area contributed by atoms with Gasteiger partial charge in [0, 0.05) is 12.6 Å². The largest absolute Gasteiger partial charge is 0.479 e. The van der Waals surface area contributed by atoms with E-state index < -0.39 is 11.5 Å². The van der Waals surface area contributed by atoms with Gasteiger partial charge >= 0.3 is 5.97 Å². The summed E-state index contributed by atoms with van der Waals surface area (Å²) in [6.07, 6.45) is 5.57. The number of hydrogen-bond acceptors (Lipinski definition) is 3. The quantitative estimate of drug-likeness (QED) is 0.809. The highest BCUT2D eigenvalue weighted by molar-refractivity contribution is 5.89. The fourth-order valence-corrected chi connectivity index (χ4v) is 3.61. The summed E-state index contributed by atoms with van der Waals surface area (Å²) in [5.41, 5.74) is 5.07. The molecule has 2 aliphatic rings. The molecule has 2 rings (SSSR count). The molecule has 108 valence electrons. The predicted molar refractivity (Wildman–Crippen MR) is 71.5 cm³/mol. The standard InChI is InChI=1S/C14H24N2O3/c1-2-14(13(18)19)8-5-9-16(14)12(17)10-6-3-4-7-11(10)15/h10-11H,2-9,15H2,1H3,(H,18,19). The van der Waals surface area contributed by atoms with Gasteiger partial charge in [-0.2, -0.15) is 0 Å². The molecular weight excluding hydrogens is 244 g/mol. The van der Waals surface area contributed by atoms with Crippen molar-refractivity contribution < 1.29 is 14.7 Å². The van der Waals surface area contributed by atoms with Crippen LogP contribution in [0.2, 0.25) is 0 Å². The van der Waals surface area contributed by atoms with Crippen LogP contribution in [0.15, 0.2) is 0 Å². The Bertz CT molecular complexity index is 372. The molecule has 1 heterocycles. The summed E-state index contributed by atoms with van der Waals surface area (Å²) < 4.78 is 0. The molecule has 5 nitrogen and oxygen atoms in total. The third-order valence-corrected chi connectivity index (χ3v) is 4.87. The summed E-state index contributed by atoms with van der Waals surface area (Å²) in [4.78, 5) is 25.9. The van der Waals surface area contributed by atoms with Crippen molar-refractivity contribution in [3.63, 3.8) is 0 Å². The van der Waals surface area contributed by atoms with Crippen LogP contribution < -0.4 is 5.73 Å². The molecule has 1 saturated heterocycles. The van der Waals surface area contributed by atoms with E-state index >= 15 is 0 Å². The first-order valence-corrected chi connectivity index (χ1v) is 7.33. The smallest absolute Gasteiger partial charge is 0.329 e. The van der Waals surface area contributed by atoms with Gasteiger partial charge in [0.05, 0.1) is 5.92 Å². The Kier molecular flexibility index (Phi) is 4.13. The Hall–Kier alpha value is -1.10. The van der Waals surface area contributed by atoms with Crippen molar-refractivity contribution in [2.24, 2.45) is 11.7 Å². The second kappa shape index (κ2) is 5.49. The minimum absolute atomic E-state index is 0.0334. The number of hydrogen-bond donors (Lipinski definition) is 2. The summed E-state index contributed by atoms with van der Waals surface area (Å²) in [7, 11) is 0. The van der Waals surface area contributed by atoms with E-state index in [2.05, 4.69) is 0 Å². The average Bonchev–Trinajstić information content (AvgIpc) is 2.83. The number of carbonyl (C=O) groups is 2. The second-order valence-corrected chi connectivity index (χ2v) is 5.84. The number of amides is 1. The topological polar surface area (TPSA) is 83.6 Å². The average molecular weight is 268 g/mol. The molecule has 5 heteroatoms. The molecule has 2 fully saturated rings. The molecule has 0 aromatic rings. The van der Waals surface area contributed by atoms with Crippen LogP contribution in [-0.4, -0.2) is 40.0 Å². The van der Waals surface area contributed by atoms with Gasteiger partial charge in [-0.1, -0.05) is 19.8 Å². The van der Waals surface area contributed by atoms with E-state index in [0.29, 0.717) is 19.4 Å². The van der Waals surface area contributed by atoms with E-state index in [0.717, 1.165) is 32.1 Å². The number of carboxylic acids is 1. The molecular formula is C14H24N2O3. The molecule has 3 atom stereocenters. The fraction of sp³-hybridized carbons (Fsp3) is 0.857. The van der Waals surface area contributed by atoms with Gasteiger partial charge in [0.1, 0.15) is 5.54 Å². The lowest BCUT2D eigenvalue weighted by Gasteiger charge is -2.38. The van der Waals surface area contributed by atoms with Gasteiger partial charge in [0.2, 0.25) is 5.91 Å². The zero-order valence-corrected chi connectivity index (χ0v) is 11.6. The predicted octanol–water partition coefficient (Wildman–Crippen LogP) is 1.36. The summed E-state index contributed by atoms with van der Waals surface area (Å²) in [5.74, 6) is -1.09. The number of likely N-dealkylation sites (tertiary alicyclic amines) is 1. The maximum Gasteiger partial charge on any atom is 0.329 e. The van der Waals surface area contributed by atoms with Gasteiger partial charge in [0.25, 0.3) is 0 Å². The third-order valence-electron chi connectivity index (χ3n) is 4.87. The molecule has 1 aliphatic carbocycles. The van der Waals surface area contributed by atoms with Crippen molar-refractivity contribution >= 4 is 11.9 Å². The number of nitrogens with zero attached hydrogens (tertiary/aromatic N) is 1. The van der Waals surface area contributed by atoms with Crippen LogP contribution >= 0.6 is 0 Å². The van der Waals surface area contributed by atoms with Gasteiger partial charge < -0.3 is 15.7 Å². The molecule has 3 unspecified atom stereocenters. The van der Waals surface area contributed by atoms with E-state index in [1.54, 1.807) is 4.90 Å². The maximum absolute atomic E-state index is 12.7. The minimum atomic E-state index is -0.992. The Labute approximate surface area is 114 Å². The highest BCUT2D eigenvalue weighted by atomic mass is 16.4. The van der Waals surface area contributed by atoms with Crippen LogP contribution in [0, 0.1) is 5.92 Å². The van der Waals surface area contributed by atoms with E-state index in [9.17, 15) is 14.7 Å². The lowest BCUT2D eigenvalue weighted by molar-refractivity contribution is -0.159. The van der Waals surface area contributed by atoms with E-state index in [1.807, 2.05) is 6.92 Å². The Balaban J connectivity index is 2.19. The maximum atomic E-state index is 12.7. The van der Waals surface area contributed by atoms with Crippen molar-refractivity contribution in [3.8, 4) is 0 Å². The molecule has 0 spiro atoms. The van der Waals surface area contributed by atoms with Gasteiger partial charge in [-0.3, -0.25) is 4.79 Å². The molecule has 3 N–H and O–H groups in total. The minimum Gasteiger partial charge on any atom is -0.479 e. The highest BCUT2D eigenvalue weighted by Crippen LogP contribution is 2.36. The third kappa shape index (κ3) is 2.36. The van der Waals surface area contributed by atoms with Crippen LogP contribution in [0.4, 0.5) is 0 Å². The Morgan fingerprint density at radius 2 is 2.00 bits per heavy atom.